The lowest BCUT2D eigenvalue weighted by atomic mass is 10.2. The maximum absolute atomic E-state index is 11.1. The minimum absolute atomic E-state index is 0.0420. The third-order valence-corrected chi connectivity index (χ3v) is 3.24. The average Bonchev–Trinajstić information content (AvgIpc) is 2.59. The van der Waals surface area contributed by atoms with E-state index in [0.717, 1.165) is 12.2 Å². The van der Waals surface area contributed by atoms with Gasteiger partial charge < -0.3 is 4.57 Å². The lowest BCUT2D eigenvalue weighted by molar-refractivity contribution is 0.510. The summed E-state index contributed by atoms with van der Waals surface area (Å²) in [5, 5.41) is 4.99. The van der Waals surface area contributed by atoms with Crippen molar-refractivity contribution >= 4 is 10.0 Å². The molecule has 1 aromatic heterocycles. The predicted molar refractivity (Wildman–Crippen MR) is 58.0 cm³/mol. The van der Waals surface area contributed by atoms with Gasteiger partial charge in [0.15, 0.2) is 5.03 Å². The second-order valence-corrected chi connectivity index (χ2v) is 5.07. The zero-order valence-electron chi connectivity index (χ0n) is 9.27. The first-order chi connectivity index (χ1) is 6.90. The van der Waals surface area contributed by atoms with Crippen LogP contribution in [0.3, 0.4) is 0 Å². The number of sulfonamides is 1. The van der Waals surface area contributed by atoms with Crippen LogP contribution in [-0.4, -0.2) is 18.0 Å². The second-order valence-electron chi connectivity index (χ2n) is 3.56. The lowest BCUT2D eigenvalue weighted by Gasteiger charge is -2.12. The van der Waals surface area contributed by atoms with Gasteiger partial charge in [0, 0.05) is 18.7 Å². The molecular weight excluding hydrogens is 214 g/mol. The SMILES string of the molecule is CCc1nc(S(N)(=O)=O)cn1C(C)CC. The smallest absolute Gasteiger partial charge is 0.257 e. The van der Waals surface area contributed by atoms with Crippen LogP contribution in [0.25, 0.3) is 0 Å². The van der Waals surface area contributed by atoms with Gasteiger partial charge in [0.25, 0.3) is 10.0 Å². The van der Waals surface area contributed by atoms with Crippen molar-refractivity contribution in [1.82, 2.24) is 9.55 Å². The van der Waals surface area contributed by atoms with Gasteiger partial charge in [-0.15, -0.1) is 0 Å². The maximum Gasteiger partial charge on any atom is 0.257 e. The highest BCUT2D eigenvalue weighted by atomic mass is 32.2. The van der Waals surface area contributed by atoms with Crippen LogP contribution in [-0.2, 0) is 16.4 Å². The summed E-state index contributed by atoms with van der Waals surface area (Å²) in [4.78, 5) is 4.02. The van der Waals surface area contributed by atoms with Crippen molar-refractivity contribution in [2.45, 2.75) is 44.7 Å². The van der Waals surface area contributed by atoms with Gasteiger partial charge in [-0.05, 0) is 13.3 Å². The van der Waals surface area contributed by atoms with Gasteiger partial charge in [-0.25, -0.2) is 18.5 Å². The summed E-state index contributed by atoms with van der Waals surface area (Å²) < 4.78 is 24.1. The topological polar surface area (TPSA) is 78.0 Å². The highest BCUT2D eigenvalue weighted by Gasteiger charge is 2.17. The molecule has 5 nitrogen and oxygen atoms in total. The third kappa shape index (κ3) is 2.57. The maximum atomic E-state index is 11.1. The second kappa shape index (κ2) is 4.32. The number of primary sulfonamides is 1. The van der Waals surface area contributed by atoms with Crippen LogP contribution in [0.4, 0.5) is 0 Å². The summed E-state index contributed by atoms with van der Waals surface area (Å²) in [6.45, 7) is 6.00. The molecule has 0 saturated heterocycles. The van der Waals surface area contributed by atoms with E-state index >= 15 is 0 Å². The van der Waals surface area contributed by atoms with Gasteiger partial charge in [0.05, 0.1) is 0 Å². The fourth-order valence-electron chi connectivity index (χ4n) is 1.38. The van der Waals surface area contributed by atoms with E-state index in [1.54, 1.807) is 0 Å². The largest absolute Gasteiger partial charge is 0.331 e. The Morgan fingerprint density at radius 3 is 2.53 bits per heavy atom. The first-order valence-corrected chi connectivity index (χ1v) is 6.55. The average molecular weight is 231 g/mol. The number of hydrogen-bond acceptors (Lipinski definition) is 3. The molecule has 15 heavy (non-hydrogen) atoms. The number of nitrogens with two attached hydrogens (primary N) is 1. The summed E-state index contributed by atoms with van der Waals surface area (Å²) >= 11 is 0. The third-order valence-electron chi connectivity index (χ3n) is 2.46. The van der Waals surface area contributed by atoms with Crippen molar-refractivity contribution in [2.75, 3.05) is 0 Å². The van der Waals surface area contributed by atoms with E-state index in [2.05, 4.69) is 4.98 Å². The number of rotatable bonds is 4. The highest BCUT2D eigenvalue weighted by molar-refractivity contribution is 7.89. The number of nitrogens with zero attached hydrogens (tertiary/aromatic N) is 2. The summed E-state index contributed by atoms with van der Waals surface area (Å²) in [7, 11) is -3.69. The van der Waals surface area contributed by atoms with Crippen LogP contribution >= 0.6 is 0 Å². The summed E-state index contributed by atoms with van der Waals surface area (Å²) in [5.41, 5.74) is 0. The van der Waals surface area contributed by atoms with E-state index in [1.165, 1.54) is 6.20 Å². The van der Waals surface area contributed by atoms with Crippen molar-refractivity contribution in [3.63, 3.8) is 0 Å². The molecule has 1 unspecified atom stereocenters. The predicted octanol–water partition coefficient (Wildman–Crippen LogP) is 1.06. The van der Waals surface area contributed by atoms with Gasteiger partial charge in [0.2, 0.25) is 0 Å². The first-order valence-electron chi connectivity index (χ1n) is 5.00. The Hall–Kier alpha value is -0.880. The molecule has 1 atom stereocenters. The molecule has 0 bridgehead atoms. The van der Waals surface area contributed by atoms with E-state index in [0.29, 0.717) is 6.42 Å². The van der Waals surface area contributed by atoms with Crippen molar-refractivity contribution < 1.29 is 8.42 Å². The molecule has 0 saturated carbocycles. The standard InChI is InChI=1S/C9H17N3O2S/c1-4-7(3)12-6-9(15(10,13)14)11-8(12)5-2/h6-7H,4-5H2,1-3H3,(H2,10,13,14). The zero-order chi connectivity index (χ0) is 11.6. The number of aromatic nitrogens is 2. The molecule has 6 heteroatoms. The van der Waals surface area contributed by atoms with E-state index in [9.17, 15) is 8.42 Å². The van der Waals surface area contributed by atoms with Gasteiger partial charge in [-0.2, -0.15) is 0 Å². The Balaban J connectivity index is 3.23. The van der Waals surface area contributed by atoms with E-state index in [1.807, 2.05) is 25.3 Å². The van der Waals surface area contributed by atoms with E-state index < -0.39 is 10.0 Å². The highest BCUT2D eigenvalue weighted by Crippen LogP contribution is 2.17. The minimum Gasteiger partial charge on any atom is -0.331 e. The summed E-state index contributed by atoms with van der Waals surface area (Å²) in [5.74, 6) is 0.758. The van der Waals surface area contributed by atoms with Crippen LogP contribution in [0.1, 0.15) is 39.1 Å². The fourth-order valence-corrected chi connectivity index (χ4v) is 1.88. The van der Waals surface area contributed by atoms with Gasteiger partial charge in [0.1, 0.15) is 5.82 Å². The van der Waals surface area contributed by atoms with Crippen LogP contribution in [0, 0.1) is 0 Å². The molecule has 0 aliphatic carbocycles. The number of imidazole rings is 1. The Morgan fingerprint density at radius 2 is 2.13 bits per heavy atom. The molecule has 0 aliphatic rings. The Bertz CT molecular complexity index is 436. The first kappa shape index (κ1) is 12.2. The summed E-state index contributed by atoms with van der Waals surface area (Å²) in [6.07, 6.45) is 3.13. The lowest BCUT2D eigenvalue weighted by Crippen LogP contribution is -2.12. The molecule has 0 amide bonds. The molecule has 0 fully saturated rings. The van der Waals surface area contributed by atoms with Crippen molar-refractivity contribution in [1.29, 1.82) is 0 Å². The molecule has 1 rings (SSSR count). The Labute approximate surface area is 90.4 Å². The van der Waals surface area contributed by atoms with Gasteiger partial charge in [-0.3, -0.25) is 0 Å². The molecule has 0 spiro atoms. The monoisotopic (exact) mass is 231 g/mol. The van der Waals surface area contributed by atoms with Crippen molar-refractivity contribution in [2.24, 2.45) is 5.14 Å². The van der Waals surface area contributed by atoms with E-state index in [4.69, 9.17) is 5.14 Å². The fraction of sp³-hybridized carbons (Fsp3) is 0.667. The van der Waals surface area contributed by atoms with Gasteiger partial charge in [-0.1, -0.05) is 13.8 Å². The van der Waals surface area contributed by atoms with Crippen LogP contribution < -0.4 is 5.14 Å². The molecule has 0 radical (unpaired) electrons. The molecule has 0 aromatic carbocycles. The van der Waals surface area contributed by atoms with E-state index in [-0.39, 0.29) is 11.1 Å². The van der Waals surface area contributed by atoms with Crippen molar-refractivity contribution in [3.05, 3.63) is 12.0 Å². The molecule has 1 heterocycles. The molecular formula is C9H17N3O2S. The normalized spacial score (nSPS) is 14.1. The minimum atomic E-state index is -3.69. The van der Waals surface area contributed by atoms with Crippen LogP contribution in [0.15, 0.2) is 11.2 Å². The Morgan fingerprint density at radius 1 is 1.53 bits per heavy atom. The molecule has 1 aromatic rings. The number of hydrogen-bond donors (Lipinski definition) is 1. The quantitative estimate of drug-likeness (QED) is 0.841. The van der Waals surface area contributed by atoms with Crippen molar-refractivity contribution in [3.8, 4) is 0 Å². The molecule has 86 valence electrons. The van der Waals surface area contributed by atoms with Crippen LogP contribution in [0.2, 0.25) is 0 Å². The van der Waals surface area contributed by atoms with Gasteiger partial charge >= 0.3 is 0 Å². The summed E-state index contributed by atoms with van der Waals surface area (Å²) in [6, 6.07) is 0.239. The molecule has 0 aliphatic heterocycles. The number of aryl methyl sites for hydroxylation is 1. The Kier molecular flexibility index (Phi) is 3.51. The molecule has 2 N–H and O–H groups in total. The zero-order valence-corrected chi connectivity index (χ0v) is 10.1. The van der Waals surface area contributed by atoms with Crippen LogP contribution in [0.5, 0.6) is 0 Å².